The van der Waals surface area contributed by atoms with Crippen LogP contribution in [0, 0.1) is 11.8 Å². The van der Waals surface area contributed by atoms with Crippen LogP contribution in [0.2, 0.25) is 0 Å². The maximum Gasteiger partial charge on any atom is 0.330 e. The predicted molar refractivity (Wildman–Crippen MR) is 57.1 cm³/mol. The van der Waals surface area contributed by atoms with E-state index < -0.39 is 0 Å². The van der Waals surface area contributed by atoms with E-state index in [-0.39, 0.29) is 12.1 Å². The van der Waals surface area contributed by atoms with Crippen molar-refractivity contribution < 1.29 is 9.53 Å². The molecule has 2 atom stereocenters. The molecule has 15 heavy (non-hydrogen) atoms. The molecule has 4 aliphatic rings. The molecule has 0 saturated heterocycles. The summed E-state index contributed by atoms with van der Waals surface area (Å²) in [6.07, 6.45) is 9.46. The second kappa shape index (κ2) is 3.09. The molecular weight excluding hydrogens is 188 g/mol. The van der Waals surface area contributed by atoms with Crippen LogP contribution in [0.5, 0.6) is 0 Å². The average molecular weight is 202 g/mol. The summed E-state index contributed by atoms with van der Waals surface area (Å²) in [6.45, 7) is 3.43. The van der Waals surface area contributed by atoms with Gasteiger partial charge in [-0.25, -0.2) is 4.79 Å². The summed E-state index contributed by atoms with van der Waals surface area (Å²) in [5.41, 5.74) is 2.90. The summed E-state index contributed by atoms with van der Waals surface area (Å²) in [5, 5.41) is 0. The first-order chi connectivity index (χ1) is 7.31. The van der Waals surface area contributed by atoms with Crippen LogP contribution in [0.4, 0.5) is 0 Å². The third-order valence-corrected chi connectivity index (χ3v) is 3.75. The van der Waals surface area contributed by atoms with Gasteiger partial charge in [-0.15, -0.1) is 0 Å². The molecule has 2 heteroatoms. The van der Waals surface area contributed by atoms with Crippen molar-refractivity contribution in [1.82, 2.24) is 0 Å². The first-order valence-corrected chi connectivity index (χ1v) is 5.55. The summed E-state index contributed by atoms with van der Waals surface area (Å²) >= 11 is 0. The topological polar surface area (TPSA) is 26.3 Å². The van der Waals surface area contributed by atoms with Gasteiger partial charge in [0, 0.05) is 17.9 Å². The first-order valence-electron chi connectivity index (χ1n) is 5.55. The minimum atomic E-state index is -0.283. The van der Waals surface area contributed by atoms with E-state index in [2.05, 4.69) is 18.7 Å². The van der Waals surface area contributed by atoms with Crippen molar-refractivity contribution >= 4 is 5.97 Å². The van der Waals surface area contributed by atoms with Gasteiger partial charge < -0.3 is 4.74 Å². The Labute approximate surface area is 89.3 Å². The fraction of sp³-hybridized carbons (Fsp3) is 0.462. The lowest BCUT2D eigenvalue weighted by atomic mass is 9.79. The van der Waals surface area contributed by atoms with Crippen molar-refractivity contribution in [1.29, 1.82) is 0 Å². The fourth-order valence-electron chi connectivity index (χ4n) is 3.03. The van der Waals surface area contributed by atoms with Gasteiger partial charge in [0.1, 0.15) is 6.10 Å². The molecule has 3 saturated carbocycles. The smallest absolute Gasteiger partial charge is 0.330 e. The van der Waals surface area contributed by atoms with Crippen LogP contribution in [-0.4, -0.2) is 12.1 Å². The molecule has 0 aromatic carbocycles. The third-order valence-electron chi connectivity index (χ3n) is 3.75. The second-order valence-corrected chi connectivity index (χ2v) is 4.45. The summed E-state index contributed by atoms with van der Waals surface area (Å²) in [5.74, 6) is 0.672. The van der Waals surface area contributed by atoms with Gasteiger partial charge >= 0.3 is 5.97 Å². The molecule has 3 fully saturated rings. The van der Waals surface area contributed by atoms with Crippen LogP contribution in [-0.2, 0) is 9.53 Å². The second-order valence-electron chi connectivity index (χ2n) is 4.45. The summed E-state index contributed by atoms with van der Waals surface area (Å²) in [7, 11) is 0. The van der Waals surface area contributed by atoms with Crippen LogP contribution >= 0.6 is 0 Å². The molecular formula is C13H14O2. The Hall–Kier alpha value is -1.31. The van der Waals surface area contributed by atoms with Crippen molar-refractivity contribution in [3.05, 3.63) is 36.0 Å². The molecule has 78 valence electrons. The maximum atomic E-state index is 11.2. The number of ether oxygens (including phenoxy) is 1. The molecule has 0 spiro atoms. The van der Waals surface area contributed by atoms with Crippen LogP contribution in [0.15, 0.2) is 36.0 Å². The lowest BCUT2D eigenvalue weighted by Crippen LogP contribution is -2.38. The van der Waals surface area contributed by atoms with E-state index >= 15 is 0 Å². The Morgan fingerprint density at radius 3 is 2.47 bits per heavy atom. The Bertz CT molecular complexity index is 363. The maximum absolute atomic E-state index is 11.2. The lowest BCUT2D eigenvalue weighted by molar-refractivity contribution is -0.152. The molecule has 4 aliphatic carbocycles. The van der Waals surface area contributed by atoms with Crippen LogP contribution in [0.25, 0.3) is 0 Å². The molecule has 0 amide bonds. The molecule has 2 bridgehead atoms. The number of carbonyl (C=O) groups is 1. The normalized spacial score (nSPS) is 35.9. The van der Waals surface area contributed by atoms with Crippen LogP contribution in [0.3, 0.4) is 0 Å². The van der Waals surface area contributed by atoms with Gasteiger partial charge in [0.15, 0.2) is 0 Å². The molecule has 0 radical (unpaired) electrons. The molecule has 4 rings (SSSR count). The van der Waals surface area contributed by atoms with Gasteiger partial charge in [-0.2, -0.15) is 0 Å². The highest BCUT2D eigenvalue weighted by atomic mass is 16.5. The van der Waals surface area contributed by atoms with Gasteiger partial charge in [0.25, 0.3) is 0 Å². The Morgan fingerprint density at radius 2 is 1.93 bits per heavy atom. The van der Waals surface area contributed by atoms with E-state index in [4.69, 9.17) is 4.74 Å². The van der Waals surface area contributed by atoms with Crippen molar-refractivity contribution in [2.45, 2.75) is 25.4 Å². The Balaban J connectivity index is 1.82. The molecule has 0 aliphatic heterocycles. The molecule has 0 aromatic rings. The van der Waals surface area contributed by atoms with Crippen molar-refractivity contribution in [2.75, 3.05) is 0 Å². The highest BCUT2D eigenvalue weighted by Crippen LogP contribution is 2.58. The number of hydrogen-bond donors (Lipinski definition) is 0. The van der Waals surface area contributed by atoms with E-state index in [1.54, 1.807) is 0 Å². The molecule has 0 aromatic heterocycles. The zero-order chi connectivity index (χ0) is 10.4. The highest BCUT2D eigenvalue weighted by molar-refractivity contribution is 5.81. The van der Waals surface area contributed by atoms with Gasteiger partial charge in [0.2, 0.25) is 0 Å². The molecule has 0 N–H and O–H groups in total. The van der Waals surface area contributed by atoms with E-state index in [1.807, 2.05) is 0 Å². The van der Waals surface area contributed by atoms with E-state index in [0.29, 0.717) is 11.8 Å². The van der Waals surface area contributed by atoms with Crippen molar-refractivity contribution in [3.8, 4) is 0 Å². The number of esters is 1. The monoisotopic (exact) mass is 202 g/mol. The molecule has 0 heterocycles. The zero-order valence-corrected chi connectivity index (χ0v) is 8.61. The summed E-state index contributed by atoms with van der Waals surface area (Å²) in [4.78, 5) is 11.2. The summed E-state index contributed by atoms with van der Waals surface area (Å²) in [6, 6.07) is 0. The van der Waals surface area contributed by atoms with Crippen molar-refractivity contribution in [3.63, 3.8) is 0 Å². The number of carbonyl (C=O) groups excluding carboxylic acids is 1. The Morgan fingerprint density at radius 1 is 1.33 bits per heavy atom. The zero-order valence-electron chi connectivity index (χ0n) is 8.61. The highest BCUT2D eigenvalue weighted by Gasteiger charge is 2.55. The fourth-order valence-corrected chi connectivity index (χ4v) is 3.03. The number of rotatable bonds is 2. The minimum absolute atomic E-state index is 0.103. The van der Waals surface area contributed by atoms with Gasteiger partial charge in [0.05, 0.1) is 0 Å². The molecule has 2 unspecified atom stereocenters. The average Bonchev–Trinajstić information content (AvgIpc) is 2.77. The SMILES string of the molecule is C=CC(=O)OC1C2CC1C1=CCCC=C12. The predicted octanol–water partition coefficient (Wildman–Crippen LogP) is 2.38. The van der Waals surface area contributed by atoms with E-state index in [1.165, 1.54) is 23.6 Å². The van der Waals surface area contributed by atoms with E-state index in [0.717, 1.165) is 12.8 Å². The quantitative estimate of drug-likeness (QED) is 0.507. The lowest BCUT2D eigenvalue weighted by Gasteiger charge is -2.34. The number of allylic oxidation sites excluding steroid dienone is 2. The van der Waals surface area contributed by atoms with Crippen LogP contribution < -0.4 is 0 Å². The van der Waals surface area contributed by atoms with Gasteiger partial charge in [-0.05, 0) is 30.4 Å². The van der Waals surface area contributed by atoms with Gasteiger partial charge in [-0.3, -0.25) is 0 Å². The standard InChI is InChI=1S/C13H14O2/c1-2-12(14)15-13-10-7-11(13)9-6-4-3-5-8(9)10/h2,5-6,10-11,13H,1,3-4,7H2. The largest absolute Gasteiger partial charge is 0.458 e. The minimum Gasteiger partial charge on any atom is -0.458 e. The summed E-state index contributed by atoms with van der Waals surface area (Å²) < 4.78 is 5.38. The van der Waals surface area contributed by atoms with Crippen molar-refractivity contribution in [2.24, 2.45) is 11.8 Å². The Kier molecular flexibility index (Phi) is 1.84. The molecule has 2 nitrogen and oxygen atoms in total. The first kappa shape index (κ1) is 8.96. The van der Waals surface area contributed by atoms with E-state index in [9.17, 15) is 4.79 Å². The third kappa shape index (κ3) is 1.14. The number of hydrogen-bond acceptors (Lipinski definition) is 2. The van der Waals surface area contributed by atoms with Gasteiger partial charge in [-0.1, -0.05) is 18.7 Å². The van der Waals surface area contributed by atoms with Crippen LogP contribution in [0.1, 0.15) is 19.3 Å².